The highest BCUT2D eigenvalue weighted by molar-refractivity contribution is 5.81. The summed E-state index contributed by atoms with van der Waals surface area (Å²) in [5.74, 6) is 0.912. The van der Waals surface area contributed by atoms with Crippen molar-refractivity contribution in [2.75, 3.05) is 38.6 Å². The Bertz CT molecular complexity index is 461. The Morgan fingerprint density at radius 1 is 1.27 bits per heavy atom. The average Bonchev–Trinajstić information content (AvgIpc) is 2.47. The van der Waals surface area contributed by atoms with Crippen molar-refractivity contribution in [2.45, 2.75) is 27.2 Å². The molecule has 3 N–H and O–H groups in total. The van der Waals surface area contributed by atoms with Gasteiger partial charge in [-0.3, -0.25) is 4.79 Å². The monoisotopic (exact) mass is 308 g/mol. The summed E-state index contributed by atoms with van der Waals surface area (Å²) >= 11 is 0. The van der Waals surface area contributed by atoms with E-state index >= 15 is 0 Å². The number of nitrogen functional groups attached to an aromatic ring is 1. The van der Waals surface area contributed by atoms with E-state index < -0.39 is 0 Å². The number of carbonyl (C=O) groups excluding carboxylic acids is 1. The number of rotatable bonds is 11. The van der Waals surface area contributed by atoms with Crippen molar-refractivity contribution in [3.63, 3.8) is 0 Å². The van der Waals surface area contributed by atoms with Crippen molar-refractivity contribution in [1.82, 2.24) is 5.32 Å². The Balaban J connectivity index is 2.39. The number of hydrogen-bond acceptors (Lipinski definition) is 5. The molecule has 0 spiro atoms. The Hall–Kier alpha value is -1.59. The second-order valence-electron chi connectivity index (χ2n) is 5.54. The lowest BCUT2D eigenvalue weighted by Gasteiger charge is -2.10. The smallest absolute Gasteiger partial charge is 0.160 e. The standard InChI is InChI=1S/C17H28N2O3/c1-4-19-6-8-22-16-10-14(9-15(18)11-16)5-7-21-12-17(20)13(2)3/h9-11,13,19H,4-8,12,18H2,1-3H3. The summed E-state index contributed by atoms with van der Waals surface area (Å²) in [5.41, 5.74) is 7.62. The quantitative estimate of drug-likeness (QED) is 0.483. The maximum Gasteiger partial charge on any atom is 0.160 e. The van der Waals surface area contributed by atoms with E-state index in [0.29, 0.717) is 25.3 Å². The molecule has 0 aliphatic heterocycles. The van der Waals surface area contributed by atoms with Crippen molar-refractivity contribution in [3.8, 4) is 5.75 Å². The maximum absolute atomic E-state index is 11.5. The molecule has 0 aliphatic carbocycles. The van der Waals surface area contributed by atoms with Gasteiger partial charge < -0.3 is 20.5 Å². The van der Waals surface area contributed by atoms with Gasteiger partial charge in [0.15, 0.2) is 5.78 Å². The molecule has 0 heterocycles. The molecule has 0 aliphatic rings. The Labute approximate surface area is 133 Å². The zero-order chi connectivity index (χ0) is 16.4. The molecule has 0 bridgehead atoms. The second kappa shape index (κ2) is 10.2. The van der Waals surface area contributed by atoms with E-state index in [-0.39, 0.29) is 18.3 Å². The lowest BCUT2D eigenvalue weighted by Crippen LogP contribution is -2.20. The van der Waals surface area contributed by atoms with Crippen LogP contribution < -0.4 is 15.8 Å². The molecule has 0 radical (unpaired) electrons. The lowest BCUT2D eigenvalue weighted by atomic mass is 10.1. The van der Waals surface area contributed by atoms with Crippen molar-refractivity contribution >= 4 is 11.5 Å². The zero-order valence-corrected chi connectivity index (χ0v) is 13.9. The van der Waals surface area contributed by atoms with E-state index in [4.69, 9.17) is 15.2 Å². The van der Waals surface area contributed by atoms with Gasteiger partial charge in [0.1, 0.15) is 19.0 Å². The van der Waals surface area contributed by atoms with Crippen molar-refractivity contribution in [3.05, 3.63) is 23.8 Å². The maximum atomic E-state index is 11.5. The number of nitrogens with one attached hydrogen (secondary N) is 1. The fraction of sp³-hybridized carbons (Fsp3) is 0.588. The molecule has 1 aromatic carbocycles. The van der Waals surface area contributed by atoms with E-state index in [2.05, 4.69) is 12.2 Å². The van der Waals surface area contributed by atoms with Crippen LogP contribution in [0, 0.1) is 5.92 Å². The van der Waals surface area contributed by atoms with E-state index in [9.17, 15) is 4.79 Å². The van der Waals surface area contributed by atoms with Crippen LogP contribution in [0.5, 0.6) is 5.75 Å². The normalized spacial score (nSPS) is 10.9. The Kier molecular flexibility index (Phi) is 8.55. The highest BCUT2D eigenvalue weighted by Crippen LogP contribution is 2.19. The highest BCUT2D eigenvalue weighted by Gasteiger charge is 2.07. The number of likely N-dealkylation sites (N-methyl/N-ethyl adjacent to an activating group) is 1. The second-order valence-corrected chi connectivity index (χ2v) is 5.54. The van der Waals surface area contributed by atoms with Crippen LogP contribution in [-0.4, -0.2) is 38.7 Å². The highest BCUT2D eigenvalue weighted by atomic mass is 16.5. The fourth-order valence-electron chi connectivity index (χ4n) is 1.86. The van der Waals surface area contributed by atoms with Gasteiger partial charge in [-0.15, -0.1) is 0 Å². The first kappa shape index (κ1) is 18.5. The van der Waals surface area contributed by atoms with Gasteiger partial charge in [0.2, 0.25) is 0 Å². The average molecular weight is 308 g/mol. The first-order valence-corrected chi connectivity index (χ1v) is 7.86. The van der Waals surface area contributed by atoms with Gasteiger partial charge in [0, 0.05) is 24.2 Å². The number of ether oxygens (including phenoxy) is 2. The summed E-state index contributed by atoms with van der Waals surface area (Å²) in [5, 5.41) is 3.20. The third-order valence-electron chi connectivity index (χ3n) is 3.21. The molecule has 0 fully saturated rings. The summed E-state index contributed by atoms with van der Waals surface area (Å²) in [6.45, 7) is 8.82. The zero-order valence-electron chi connectivity index (χ0n) is 13.9. The van der Waals surface area contributed by atoms with Crippen molar-refractivity contribution < 1.29 is 14.3 Å². The van der Waals surface area contributed by atoms with Crippen LogP contribution >= 0.6 is 0 Å². The molecule has 1 rings (SSSR count). The van der Waals surface area contributed by atoms with Gasteiger partial charge in [0.05, 0.1) is 6.61 Å². The SMILES string of the molecule is CCNCCOc1cc(N)cc(CCOCC(=O)C(C)C)c1. The molecule has 1 aromatic rings. The molecule has 0 saturated heterocycles. The number of benzene rings is 1. The van der Waals surface area contributed by atoms with Crippen LogP contribution in [0.2, 0.25) is 0 Å². The van der Waals surface area contributed by atoms with Crippen LogP contribution in [0.4, 0.5) is 5.69 Å². The van der Waals surface area contributed by atoms with Crippen LogP contribution in [0.25, 0.3) is 0 Å². The molecule has 5 nitrogen and oxygen atoms in total. The summed E-state index contributed by atoms with van der Waals surface area (Å²) in [7, 11) is 0. The molecular formula is C17H28N2O3. The van der Waals surface area contributed by atoms with Gasteiger partial charge in [-0.1, -0.05) is 20.8 Å². The molecule has 124 valence electrons. The van der Waals surface area contributed by atoms with Crippen LogP contribution in [0.15, 0.2) is 18.2 Å². The Morgan fingerprint density at radius 3 is 2.73 bits per heavy atom. The molecule has 0 aromatic heterocycles. The molecule has 0 unspecified atom stereocenters. The van der Waals surface area contributed by atoms with Gasteiger partial charge in [-0.25, -0.2) is 0 Å². The fourth-order valence-corrected chi connectivity index (χ4v) is 1.86. The molecule has 0 saturated carbocycles. The summed E-state index contributed by atoms with van der Waals surface area (Å²) < 4.78 is 11.1. The summed E-state index contributed by atoms with van der Waals surface area (Å²) in [6, 6.07) is 5.69. The molecule has 0 atom stereocenters. The van der Waals surface area contributed by atoms with Crippen LogP contribution in [0.3, 0.4) is 0 Å². The molecule has 22 heavy (non-hydrogen) atoms. The minimum atomic E-state index is 0.0177. The summed E-state index contributed by atoms with van der Waals surface area (Å²) in [6.07, 6.45) is 0.708. The lowest BCUT2D eigenvalue weighted by molar-refractivity contribution is -0.126. The number of nitrogens with two attached hydrogens (primary N) is 1. The van der Waals surface area contributed by atoms with E-state index in [1.54, 1.807) is 0 Å². The van der Waals surface area contributed by atoms with Gasteiger partial charge in [0.25, 0.3) is 0 Å². The van der Waals surface area contributed by atoms with E-state index in [0.717, 1.165) is 24.4 Å². The first-order valence-electron chi connectivity index (χ1n) is 7.86. The summed E-state index contributed by atoms with van der Waals surface area (Å²) in [4.78, 5) is 11.5. The first-order chi connectivity index (χ1) is 10.5. The molecule has 5 heteroatoms. The minimum absolute atomic E-state index is 0.0177. The van der Waals surface area contributed by atoms with E-state index in [1.807, 2.05) is 32.0 Å². The van der Waals surface area contributed by atoms with Crippen molar-refractivity contribution in [1.29, 1.82) is 0 Å². The molecular weight excluding hydrogens is 280 g/mol. The topological polar surface area (TPSA) is 73.6 Å². The number of hydrogen-bond donors (Lipinski definition) is 2. The van der Waals surface area contributed by atoms with E-state index in [1.165, 1.54) is 0 Å². The number of carbonyl (C=O) groups is 1. The predicted molar refractivity (Wildman–Crippen MR) is 89.3 cm³/mol. The molecule has 0 amide bonds. The number of anilines is 1. The largest absolute Gasteiger partial charge is 0.492 e. The number of ketones is 1. The van der Waals surface area contributed by atoms with Gasteiger partial charge >= 0.3 is 0 Å². The predicted octanol–water partition coefficient (Wildman–Crippen LogP) is 2.04. The minimum Gasteiger partial charge on any atom is -0.492 e. The van der Waals surface area contributed by atoms with Crippen LogP contribution in [0.1, 0.15) is 26.3 Å². The van der Waals surface area contributed by atoms with Gasteiger partial charge in [-0.2, -0.15) is 0 Å². The number of Topliss-reactive ketones (excluding diaryl/α,β-unsaturated/α-hetero) is 1. The van der Waals surface area contributed by atoms with Crippen molar-refractivity contribution in [2.24, 2.45) is 5.92 Å². The third-order valence-corrected chi connectivity index (χ3v) is 3.21. The van der Waals surface area contributed by atoms with Crippen LogP contribution in [-0.2, 0) is 16.0 Å². The third kappa shape index (κ3) is 7.43. The van der Waals surface area contributed by atoms with Gasteiger partial charge in [-0.05, 0) is 30.7 Å². The Morgan fingerprint density at radius 2 is 2.05 bits per heavy atom.